The van der Waals surface area contributed by atoms with E-state index in [0.717, 1.165) is 0 Å². The normalized spacial score (nSPS) is 10.5. The molecule has 1 N–H and O–H groups in total. The highest BCUT2D eigenvalue weighted by molar-refractivity contribution is 9.10. The van der Waals surface area contributed by atoms with Gasteiger partial charge in [0.15, 0.2) is 0 Å². The van der Waals surface area contributed by atoms with E-state index in [1.54, 1.807) is 12.1 Å². The Labute approximate surface area is 92.5 Å². The molecule has 2 rings (SSSR count). The number of carbonyl (C=O) groups excluding carboxylic acids is 1. The van der Waals surface area contributed by atoms with E-state index in [-0.39, 0.29) is 16.3 Å². The van der Waals surface area contributed by atoms with Gasteiger partial charge in [0.2, 0.25) is 11.4 Å². The molecule has 0 spiro atoms. The number of aromatic nitrogens is 2. The van der Waals surface area contributed by atoms with E-state index in [1.165, 1.54) is 6.92 Å². The van der Waals surface area contributed by atoms with Crippen molar-refractivity contribution in [1.82, 2.24) is 5.16 Å². The summed E-state index contributed by atoms with van der Waals surface area (Å²) in [7, 11) is 0. The van der Waals surface area contributed by atoms with Crippen LogP contribution in [0.5, 0.6) is 0 Å². The SMILES string of the molecule is CC(=O)Nc1ccc(Br)c2c1no[n+]2[O-]. The van der Waals surface area contributed by atoms with Crippen molar-refractivity contribution in [2.75, 3.05) is 5.32 Å². The first kappa shape index (κ1) is 9.91. The minimum Gasteiger partial charge on any atom is -0.359 e. The molecule has 0 atom stereocenters. The summed E-state index contributed by atoms with van der Waals surface area (Å²) in [4.78, 5) is 11.2. The van der Waals surface area contributed by atoms with Crippen LogP contribution in [0.15, 0.2) is 21.2 Å². The molecule has 0 aliphatic heterocycles. The Morgan fingerprint density at radius 3 is 3.07 bits per heavy atom. The third-order valence-electron chi connectivity index (χ3n) is 1.80. The molecule has 1 heterocycles. The van der Waals surface area contributed by atoms with Crippen molar-refractivity contribution in [3.63, 3.8) is 0 Å². The number of rotatable bonds is 1. The van der Waals surface area contributed by atoms with Crippen LogP contribution in [0.3, 0.4) is 0 Å². The number of hydrogen-bond donors (Lipinski definition) is 1. The molecular weight excluding hydrogens is 266 g/mol. The number of fused-ring (bicyclic) bond motifs is 1. The van der Waals surface area contributed by atoms with Crippen LogP contribution in [0.2, 0.25) is 0 Å². The van der Waals surface area contributed by atoms with Gasteiger partial charge in [0.1, 0.15) is 0 Å². The number of amides is 1. The Morgan fingerprint density at radius 2 is 2.40 bits per heavy atom. The van der Waals surface area contributed by atoms with E-state index in [2.05, 4.69) is 31.0 Å². The van der Waals surface area contributed by atoms with Crippen molar-refractivity contribution < 1.29 is 14.3 Å². The average molecular weight is 272 g/mol. The number of hydrogen-bond acceptors (Lipinski definition) is 4. The van der Waals surface area contributed by atoms with Crippen LogP contribution in [0.25, 0.3) is 11.0 Å². The smallest absolute Gasteiger partial charge is 0.273 e. The van der Waals surface area contributed by atoms with Gasteiger partial charge < -0.3 is 10.5 Å². The van der Waals surface area contributed by atoms with Crippen LogP contribution >= 0.6 is 15.9 Å². The number of halogens is 1. The van der Waals surface area contributed by atoms with Crippen molar-refractivity contribution in [3.8, 4) is 0 Å². The summed E-state index contributed by atoms with van der Waals surface area (Å²) in [5, 5.41) is 17.3. The highest BCUT2D eigenvalue weighted by Gasteiger charge is 2.18. The molecule has 0 aliphatic carbocycles. The topological polar surface area (TPSA) is 82.1 Å². The summed E-state index contributed by atoms with van der Waals surface area (Å²) in [5.74, 6) is -0.237. The first-order chi connectivity index (χ1) is 7.09. The maximum absolute atomic E-state index is 11.2. The minimum atomic E-state index is -0.237. The molecule has 78 valence electrons. The number of carbonyl (C=O) groups is 1. The first-order valence-electron chi connectivity index (χ1n) is 4.05. The number of nitrogens with zero attached hydrogens (tertiary/aromatic N) is 2. The third kappa shape index (κ3) is 1.65. The number of benzene rings is 1. The van der Waals surface area contributed by atoms with Crippen LogP contribution in [0.4, 0.5) is 5.69 Å². The molecular formula is C8H6BrN3O3. The first-order valence-corrected chi connectivity index (χ1v) is 4.84. The van der Waals surface area contributed by atoms with Gasteiger partial charge in [-0.05, 0) is 33.0 Å². The van der Waals surface area contributed by atoms with E-state index in [9.17, 15) is 10.0 Å². The van der Waals surface area contributed by atoms with Crippen LogP contribution in [-0.4, -0.2) is 11.1 Å². The molecule has 1 aromatic carbocycles. The van der Waals surface area contributed by atoms with Gasteiger partial charge in [0.25, 0.3) is 5.52 Å². The summed E-state index contributed by atoms with van der Waals surface area (Å²) in [6, 6.07) is 3.27. The summed E-state index contributed by atoms with van der Waals surface area (Å²) in [5.41, 5.74) is 1.01. The fourth-order valence-electron chi connectivity index (χ4n) is 1.23. The second kappa shape index (κ2) is 3.50. The second-order valence-corrected chi connectivity index (χ2v) is 3.76. The Kier molecular flexibility index (Phi) is 2.31. The lowest BCUT2D eigenvalue weighted by molar-refractivity contribution is -0.782. The van der Waals surface area contributed by atoms with E-state index < -0.39 is 0 Å². The molecule has 6 nitrogen and oxygen atoms in total. The lowest BCUT2D eigenvalue weighted by atomic mass is 10.2. The van der Waals surface area contributed by atoms with Gasteiger partial charge in [-0.25, -0.2) is 0 Å². The van der Waals surface area contributed by atoms with Crippen molar-refractivity contribution >= 4 is 38.6 Å². The predicted octanol–water partition coefficient (Wildman–Crippen LogP) is 1.18. The molecule has 0 unspecified atom stereocenters. The zero-order chi connectivity index (χ0) is 11.0. The highest BCUT2D eigenvalue weighted by Crippen LogP contribution is 2.26. The van der Waals surface area contributed by atoms with Gasteiger partial charge in [-0.2, -0.15) is 0 Å². The van der Waals surface area contributed by atoms with Crippen molar-refractivity contribution in [3.05, 3.63) is 21.8 Å². The Balaban J connectivity index is 2.67. The summed E-state index contributed by atoms with van der Waals surface area (Å²) in [6.45, 7) is 1.37. The van der Waals surface area contributed by atoms with Gasteiger partial charge >= 0.3 is 0 Å². The standard InChI is InChI=1S/C8H6BrN3O3/c1-4(13)10-6-3-2-5(9)8-7(6)11-15-12(8)14/h2-3H,1H3,(H,10,13). The van der Waals surface area contributed by atoms with E-state index in [4.69, 9.17) is 0 Å². The Bertz CT molecular complexity index is 537. The zero-order valence-electron chi connectivity index (χ0n) is 7.65. The maximum atomic E-state index is 11.2. The third-order valence-corrected chi connectivity index (χ3v) is 2.44. The minimum absolute atomic E-state index is 0.237. The molecule has 0 radical (unpaired) electrons. The van der Waals surface area contributed by atoms with Crippen LogP contribution < -0.4 is 10.2 Å². The fraction of sp³-hybridized carbons (Fsp3) is 0.125. The van der Waals surface area contributed by atoms with Crippen molar-refractivity contribution in [1.29, 1.82) is 0 Å². The molecule has 0 bridgehead atoms. The summed E-state index contributed by atoms with van der Waals surface area (Å²) >= 11 is 3.19. The molecule has 15 heavy (non-hydrogen) atoms. The quantitative estimate of drug-likeness (QED) is 0.790. The summed E-state index contributed by atoms with van der Waals surface area (Å²) in [6.07, 6.45) is 0. The van der Waals surface area contributed by atoms with Gasteiger partial charge in [0.05, 0.1) is 10.2 Å². The number of nitrogens with one attached hydrogen (secondary N) is 1. The molecule has 2 aromatic rings. The molecule has 1 aromatic heterocycles. The van der Waals surface area contributed by atoms with Crippen molar-refractivity contribution in [2.24, 2.45) is 0 Å². The predicted molar refractivity (Wildman–Crippen MR) is 55.0 cm³/mol. The highest BCUT2D eigenvalue weighted by atomic mass is 79.9. The molecule has 7 heteroatoms. The molecule has 1 amide bonds. The van der Waals surface area contributed by atoms with Crippen LogP contribution in [0.1, 0.15) is 6.92 Å². The van der Waals surface area contributed by atoms with Crippen LogP contribution in [-0.2, 0) is 4.79 Å². The lowest BCUT2D eigenvalue weighted by Gasteiger charge is -1.99. The number of anilines is 1. The zero-order valence-corrected chi connectivity index (χ0v) is 9.24. The van der Waals surface area contributed by atoms with E-state index >= 15 is 0 Å². The van der Waals surface area contributed by atoms with Crippen LogP contribution in [0, 0.1) is 5.21 Å². The monoisotopic (exact) mass is 271 g/mol. The fourth-order valence-corrected chi connectivity index (χ4v) is 1.70. The Morgan fingerprint density at radius 1 is 1.67 bits per heavy atom. The van der Waals surface area contributed by atoms with Gasteiger partial charge in [-0.1, -0.05) is 0 Å². The lowest BCUT2D eigenvalue weighted by Crippen LogP contribution is -2.23. The molecule has 0 saturated heterocycles. The molecule has 0 aliphatic rings. The largest absolute Gasteiger partial charge is 0.359 e. The Hall–Kier alpha value is -1.63. The summed E-state index contributed by atoms with van der Waals surface area (Å²) < 4.78 is 5.01. The molecule has 0 fully saturated rings. The van der Waals surface area contributed by atoms with E-state index in [0.29, 0.717) is 15.7 Å². The molecule has 0 saturated carbocycles. The maximum Gasteiger partial charge on any atom is 0.273 e. The van der Waals surface area contributed by atoms with Gasteiger partial charge in [0, 0.05) is 12.1 Å². The van der Waals surface area contributed by atoms with Gasteiger partial charge in [-0.15, -0.1) is 0 Å². The van der Waals surface area contributed by atoms with Gasteiger partial charge in [-0.3, -0.25) is 9.42 Å². The second-order valence-electron chi connectivity index (χ2n) is 2.90. The average Bonchev–Trinajstić information content (AvgIpc) is 2.53. The van der Waals surface area contributed by atoms with E-state index in [1.807, 2.05) is 0 Å². The van der Waals surface area contributed by atoms with Crippen molar-refractivity contribution in [2.45, 2.75) is 6.92 Å².